The van der Waals surface area contributed by atoms with Crippen LogP contribution in [0.1, 0.15) is 28.4 Å². The molecule has 4 aromatic rings. The van der Waals surface area contributed by atoms with Crippen molar-refractivity contribution in [2.24, 2.45) is 0 Å². The summed E-state index contributed by atoms with van der Waals surface area (Å²) in [6.45, 7) is 4.09. The predicted octanol–water partition coefficient (Wildman–Crippen LogP) is 6.48. The number of halogens is 2. The number of hydrogen-bond donors (Lipinski definition) is 1. The molecular formula is C28H28Cl2NO4PS. The second kappa shape index (κ2) is 11.6. The minimum absolute atomic E-state index is 0.242. The van der Waals surface area contributed by atoms with Crippen LogP contribution in [0.3, 0.4) is 0 Å². The fourth-order valence-corrected chi connectivity index (χ4v) is 7.11. The van der Waals surface area contributed by atoms with Gasteiger partial charge in [0.1, 0.15) is 5.58 Å². The van der Waals surface area contributed by atoms with Crippen LogP contribution in [0.2, 0.25) is 10.0 Å². The van der Waals surface area contributed by atoms with Crippen LogP contribution >= 0.6 is 31.1 Å². The van der Waals surface area contributed by atoms with Crippen LogP contribution in [0.5, 0.6) is 0 Å². The van der Waals surface area contributed by atoms with Crippen molar-refractivity contribution in [1.82, 2.24) is 5.32 Å². The van der Waals surface area contributed by atoms with Crippen LogP contribution in [0.4, 0.5) is 0 Å². The Labute approximate surface area is 228 Å². The second-order valence-corrected chi connectivity index (χ2v) is 14.4. The van der Waals surface area contributed by atoms with Gasteiger partial charge >= 0.3 is 0 Å². The van der Waals surface area contributed by atoms with Crippen molar-refractivity contribution in [2.45, 2.75) is 30.7 Å². The number of nitrogens with one attached hydrogen (secondary N) is 1. The molecule has 0 saturated heterocycles. The zero-order valence-electron chi connectivity index (χ0n) is 20.8. The lowest BCUT2D eigenvalue weighted by molar-refractivity contribution is 0.0940. The first-order valence-corrected chi connectivity index (χ1v) is 16.4. The molecule has 0 fully saturated rings. The minimum Gasteiger partial charge on any atom is -0.464 e. The quantitative estimate of drug-likeness (QED) is 0.232. The maximum absolute atomic E-state index is 13.0. The van der Waals surface area contributed by atoms with Gasteiger partial charge in [-0.25, -0.2) is 8.42 Å². The number of rotatable bonds is 9. The van der Waals surface area contributed by atoms with E-state index in [1.807, 2.05) is 31.2 Å². The molecule has 5 nitrogen and oxygen atoms in total. The van der Waals surface area contributed by atoms with E-state index >= 15 is 0 Å². The van der Waals surface area contributed by atoms with Crippen LogP contribution in [0.25, 0.3) is 11.0 Å². The van der Waals surface area contributed by atoms with E-state index < -0.39 is 17.8 Å². The summed E-state index contributed by atoms with van der Waals surface area (Å²) < 4.78 is 29.2. The van der Waals surface area contributed by atoms with Gasteiger partial charge in [0.25, 0.3) is 5.91 Å². The summed E-state index contributed by atoms with van der Waals surface area (Å²) in [6.07, 6.45) is 5.07. The number of furan rings is 1. The summed E-state index contributed by atoms with van der Waals surface area (Å²) in [4.78, 5) is 13.2. The van der Waals surface area contributed by atoms with Gasteiger partial charge in [0, 0.05) is 17.7 Å². The Morgan fingerprint density at radius 1 is 1.03 bits per heavy atom. The molecule has 9 heteroatoms. The maximum Gasteiger partial charge on any atom is 0.254 e. The lowest BCUT2D eigenvalue weighted by Gasteiger charge is -2.17. The molecule has 194 valence electrons. The summed E-state index contributed by atoms with van der Waals surface area (Å²) in [6, 6.07) is 18.4. The molecule has 4 rings (SSSR count). The molecular weight excluding hydrogens is 548 g/mol. The molecule has 1 aromatic heterocycles. The first-order chi connectivity index (χ1) is 17.5. The standard InChI is InChI=1S/C28H28Cl2NO4PS/c1-18(13-19-5-4-6-23(14-19)37(3,33)34)31-28(32)27-24(29)15-20(16-25(27)30)10-12-36(2)22-8-7-21-9-11-35-26(21)17-22/h4-9,11,14-18H,10,12-13H2,1-3H3,(H,31,32). The number of aryl methyl sites for hydroxylation is 1. The smallest absolute Gasteiger partial charge is 0.254 e. The molecule has 0 aliphatic carbocycles. The van der Waals surface area contributed by atoms with Gasteiger partial charge in [-0.05, 0) is 85.4 Å². The fourth-order valence-electron chi connectivity index (χ4n) is 4.20. The molecule has 37 heavy (non-hydrogen) atoms. The van der Waals surface area contributed by atoms with Gasteiger partial charge in [0.05, 0.1) is 26.8 Å². The predicted molar refractivity (Wildman–Crippen MR) is 154 cm³/mol. The summed E-state index contributed by atoms with van der Waals surface area (Å²) in [5.74, 6) is -0.363. The Bertz CT molecular complexity index is 1530. The molecule has 1 N–H and O–H groups in total. The highest BCUT2D eigenvalue weighted by molar-refractivity contribution is 7.90. The van der Waals surface area contributed by atoms with Crippen molar-refractivity contribution in [2.75, 3.05) is 19.1 Å². The SMILES string of the molecule is CC(Cc1cccc(S(C)(=O)=O)c1)NC(=O)c1c(Cl)cc(CCP(C)c2ccc3ccoc3c2)cc1Cl. The number of amides is 1. The number of fused-ring (bicyclic) bond motifs is 1. The highest BCUT2D eigenvalue weighted by Crippen LogP contribution is 2.34. The molecule has 2 unspecified atom stereocenters. The van der Waals surface area contributed by atoms with E-state index in [9.17, 15) is 13.2 Å². The van der Waals surface area contributed by atoms with Crippen LogP contribution in [0.15, 0.2) is 76.2 Å². The lowest BCUT2D eigenvalue weighted by atomic mass is 10.1. The summed E-state index contributed by atoms with van der Waals surface area (Å²) >= 11 is 13.0. The third kappa shape index (κ3) is 6.94. The van der Waals surface area contributed by atoms with Gasteiger partial charge in [-0.2, -0.15) is 0 Å². The van der Waals surface area contributed by atoms with Gasteiger partial charge < -0.3 is 9.73 Å². The van der Waals surface area contributed by atoms with Crippen molar-refractivity contribution in [3.63, 3.8) is 0 Å². The Hall–Kier alpha value is -2.37. The van der Waals surface area contributed by atoms with E-state index in [0.29, 0.717) is 16.5 Å². The van der Waals surface area contributed by atoms with Crippen LogP contribution < -0.4 is 10.6 Å². The minimum atomic E-state index is -3.30. The zero-order valence-corrected chi connectivity index (χ0v) is 24.0. The van der Waals surface area contributed by atoms with Gasteiger partial charge in [-0.3, -0.25) is 4.79 Å². The van der Waals surface area contributed by atoms with Crippen LogP contribution in [-0.2, 0) is 22.7 Å². The molecule has 0 bridgehead atoms. The Morgan fingerprint density at radius 3 is 2.46 bits per heavy atom. The van der Waals surface area contributed by atoms with Crippen LogP contribution in [0, 0.1) is 0 Å². The first-order valence-electron chi connectivity index (χ1n) is 11.8. The van der Waals surface area contributed by atoms with Gasteiger partial charge in [-0.1, -0.05) is 55.4 Å². The molecule has 1 amide bonds. The average molecular weight is 576 g/mol. The number of sulfone groups is 1. The van der Waals surface area contributed by atoms with Crippen molar-refractivity contribution >= 4 is 63.1 Å². The van der Waals surface area contributed by atoms with E-state index in [-0.39, 0.29) is 22.4 Å². The van der Waals surface area contributed by atoms with E-state index in [1.54, 1.807) is 24.5 Å². The molecule has 2 atom stereocenters. The first kappa shape index (κ1) is 27.7. The topological polar surface area (TPSA) is 76.4 Å². The highest BCUT2D eigenvalue weighted by atomic mass is 35.5. The lowest BCUT2D eigenvalue weighted by Crippen LogP contribution is -2.34. The fraction of sp³-hybridized carbons (Fsp3) is 0.250. The summed E-state index contributed by atoms with van der Waals surface area (Å²) in [7, 11) is -3.70. The molecule has 3 aromatic carbocycles. The summed E-state index contributed by atoms with van der Waals surface area (Å²) in [5, 5.41) is 5.90. The zero-order chi connectivity index (χ0) is 26.7. The van der Waals surface area contributed by atoms with Crippen molar-refractivity contribution in [1.29, 1.82) is 0 Å². The average Bonchev–Trinajstić information content (AvgIpc) is 3.29. The van der Waals surface area contributed by atoms with E-state index in [1.165, 1.54) is 11.6 Å². The number of carbonyl (C=O) groups is 1. The molecule has 1 heterocycles. The third-order valence-corrected chi connectivity index (χ3v) is 9.95. The molecule has 0 aliphatic rings. The van der Waals surface area contributed by atoms with Gasteiger partial charge in [-0.15, -0.1) is 0 Å². The number of hydrogen-bond acceptors (Lipinski definition) is 4. The Morgan fingerprint density at radius 2 is 1.76 bits per heavy atom. The highest BCUT2D eigenvalue weighted by Gasteiger charge is 2.19. The molecule has 0 radical (unpaired) electrons. The molecule has 0 spiro atoms. The number of carbonyl (C=O) groups excluding carboxylic acids is 1. The van der Waals surface area contributed by atoms with Gasteiger partial charge in [0.2, 0.25) is 0 Å². The molecule has 0 saturated carbocycles. The van der Waals surface area contributed by atoms with E-state index in [4.69, 9.17) is 27.6 Å². The summed E-state index contributed by atoms with van der Waals surface area (Å²) in [5.41, 5.74) is 2.92. The van der Waals surface area contributed by atoms with Crippen molar-refractivity contribution in [3.05, 3.63) is 93.7 Å². The normalized spacial score (nSPS) is 13.4. The van der Waals surface area contributed by atoms with Crippen molar-refractivity contribution in [3.8, 4) is 0 Å². The largest absolute Gasteiger partial charge is 0.464 e. The van der Waals surface area contributed by atoms with Gasteiger partial charge in [0.15, 0.2) is 9.84 Å². The van der Waals surface area contributed by atoms with E-state index in [2.05, 4.69) is 30.2 Å². The second-order valence-electron chi connectivity index (χ2n) is 9.25. The van der Waals surface area contributed by atoms with E-state index in [0.717, 1.165) is 34.7 Å². The molecule has 0 aliphatic heterocycles. The third-order valence-electron chi connectivity index (χ3n) is 6.19. The van der Waals surface area contributed by atoms with Crippen LogP contribution in [-0.4, -0.2) is 39.4 Å². The van der Waals surface area contributed by atoms with Crippen molar-refractivity contribution < 1.29 is 17.6 Å². The Kier molecular flexibility index (Phi) is 8.65. The maximum atomic E-state index is 13.0. The monoisotopic (exact) mass is 575 g/mol. The Balaban J connectivity index is 1.39. The number of benzene rings is 3.